The molecule has 7 nitrogen and oxygen atoms in total. The number of fused-ring (bicyclic) bond motifs is 1. The van der Waals surface area contributed by atoms with Crippen molar-refractivity contribution < 1.29 is 14.6 Å². The van der Waals surface area contributed by atoms with Gasteiger partial charge in [0.2, 0.25) is 11.8 Å². The lowest BCUT2D eigenvalue weighted by Gasteiger charge is -2.31. The summed E-state index contributed by atoms with van der Waals surface area (Å²) in [5, 5.41) is 17.5. The average Bonchev–Trinajstić information content (AvgIpc) is 3.34. The van der Waals surface area contributed by atoms with Crippen molar-refractivity contribution in [1.82, 2.24) is 15.1 Å². The lowest BCUT2D eigenvalue weighted by Crippen LogP contribution is -2.48. The Bertz CT molecular complexity index is 887. The molecule has 0 spiro atoms. The number of aromatic nitrogens is 2. The van der Waals surface area contributed by atoms with E-state index in [0.717, 1.165) is 22.0 Å². The summed E-state index contributed by atoms with van der Waals surface area (Å²) in [5.41, 5.74) is -0.325. The molecule has 1 amide bonds. The zero-order valence-electron chi connectivity index (χ0n) is 13.4. The summed E-state index contributed by atoms with van der Waals surface area (Å²) in [5.74, 6) is 0.0885. The number of hydrogen-bond donors (Lipinski definition) is 2. The number of aliphatic hydroxyl groups excluding tert-OH is 1. The van der Waals surface area contributed by atoms with E-state index in [-0.39, 0.29) is 36.3 Å². The number of halogens is 1. The predicted octanol–water partition coefficient (Wildman–Crippen LogP) is 1.34. The van der Waals surface area contributed by atoms with Crippen LogP contribution in [0.2, 0.25) is 0 Å². The van der Waals surface area contributed by atoms with Crippen LogP contribution < -0.4 is 15.6 Å². The van der Waals surface area contributed by atoms with Gasteiger partial charge in [0.05, 0.1) is 16.9 Å². The summed E-state index contributed by atoms with van der Waals surface area (Å²) in [6.07, 6.45) is 2.84. The van der Waals surface area contributed by atoms with Crippen molar-refractivity contribution in [3.8, 4) is 5.88 Å². The standard InChI is InChI=1S/C17H18BrN3O4/c18-9-1-4-13-14(5-9)16(25-12-2-3-12)20-21(17(13)24)8-15(23)19-10-6-11(22)7-10/h1,4-5,10-12,22H,2-3,6-8H2,(H,19,23). The van der Waals surface area contributed by atoms with Crippen molar-refractivity contribution in [2.24, 2.45) is 0 Å². The summed E-state index contributed by atoms with van der Waals surface area (Å²) in [4.78, 5) is 24.8. The first-order valence-corrected chi connectivity index (χ1v) is 9.13. The van der Waals surface area contributed by atoms with Gasteiger partial charge >= 0.3 is 0 Å². The maximum Gasteiger partial charge on any atom is 0.275 e. The van der Waals surface area contributed by atoms with Crippen LogP contribution in [0.1, 0.15) is 25.7 Å². The number of hydrogen-bond acceptors (Lipinski definition) is 5. The van der Waals surface area contributed by atoms with Crippen LogP contribution in [0.4, 0.5) is 0 Å². The molecule has 0 aliphatic heterocycles. The van der Waals surface area contributed by atoms with E-state index in [4.69, 9.17) is 4.74 Å². The fourth-order valence-electron chi connectivity index (χ4n) is 2.88. The van der Waals surface area contributed by atoms with E-state index < -0.39 is 0 Å². The van der Waals surface area contributed by atoms with Gasteiger partial charge in [-0.1, -0.05) is 15.9 Å². The van der Waals surface area contributed by atoms with Crippen molar-refractivity contribution in [3.05, 3.63) is 33.0 Å². The molecule has 2 aliphatic carbocycles. The summed E-state index contributed by atoms with van der Waals surface area (Å²) in [6, 6.07) is 5.27. The van der Waals surface area contributed by atoms with E-state index in [9.17, 15) is 14.7 Å². The normalized spacial score (nSPS) is 22.5. The summed E-state index contributed by atoms with van der Waals surface area (Å²) >= 11 is 3.40. The molecule has 2 aromatic rings. The minimum Gasteiger partial charge on any atom is -0.473 e. The number of nitrogens with zero attached hydrogens (tertiary/aromatic N) is 2. The molecule has 2 fully saturated rings. The number of benzene rings is 1. The summed E-state index contributed by atoms with van der Waals surface area (Å²) < 4.78 is 7.83. The minimum absolute atomic E-state index is 0.0307. The Morgan fingerprint density at radius 2 is 2.12 bits per heavy atom. The number of nitrogens with one attached hydrogen (secondary N) is 1. The van der Waals surface area contributed by atoms with E-state index in [2.05, 4.69) is 26.3 Å². The molecular formula is C17H18BrN3O4. The van der Waals surface area contributed by atoms with E-state index in [0.29, 0.717) is 29.5 Å². The van der Waals surface area contributed by atoms with Crippen LogP contribution >= 0.6 is 15.9 Å². The monoisotopic (exact) mass is 407 g/mol. The number of rotatable bonds is 5. The van der Waals surface area contributed by atoms with Crippen LogP contribution in [0.5, 0.6) is 5.88 Å². The molecule has 2 saturated carbocycles. The third-order valence-corrected chi connectivity index (χ3v) is 4.96. The van der Waals surface area contributed by atoms with Gasteiger partial charge in [0.25, 0.3) is 5.56 Å². The van der Waals surface area contributed by atoms with Crippen LogP contribution in [-0.2, 0) is 11.3 Å². The average molecular weight is 408 g/mol. The van der Waals surface area contributed by atoms with Gasteiger partial charge < -0.3 is 15.2 Å². The molecule has 2 aliphatic rings. The molecular weight excluding hydrogens is 390 g/mol. The van der Waals surface area contributed by atoms with Crippen molar-refractivity contribution in [2.45, 2.75) is 50.5 Å². The highest BCUT2D eigenvalue weighted by Gasteiger charge is 2.29. The number of aliphatic hydroxyl groups is 1. The van der Waals surface area contributed by atoms with Gasteiger partial charge in [-0.2, -0.15) is 0 Å². The maximum absolute atomic E-state index is 12.7. The molecule has 0 radical (unpaired) electrons. The first kappa shape index (κ1) is 16.5. The van der Waals surface area contributed by atoms with Gasteiger partial charge in [-0.05, 0) is 43.9 Å². The quantitative estimate of drug-likeness (QED) is 0.779. The van der Waals surface area contributed by atoms with Crippen molar-refractivity contribution in [1.29, 1.82) is 0 Å². The fraction of sp³-hybridized carbons (Fsp3) is 0.471. The van der Waals surface area contributed by atoms with Crippen LogP contribution in [-0.4, -0.2) is 39.0 Å². The molecule has 1 heterocycles. The molecule has 1 aromatic carbocycles. The largest absolute Gasteiger partial charge is 0.473 e. The Labute approximate surface area is 152 Å². The summed E-state index contributed by atoms with van der Waals surface area (Å²) in [6.45, 7) is -0.168. The molecule has 1 aromatic heterocycles. The molecule has 0 atom stereocenters. The van der Waals surface area contributed by atoms with Gasteiger partial charge in [0.15, 0.2) is 0 Å². The Kier molecular flexibility index (Phi) is 4.24. The Morgan fingerprint density at radius 1 is 1.36 bits per heavy atom. The van der Waals surface area contributed by atoms with Crippen molar-refractivity contribution in [2.75, 3.05) is 0 Å². The van der Waals surface area contributed by atoms with Crippen molar-refractivity contribution in [3.63, 3.8) is 0 Å². The predicted molar refractivity (Wildman–Crippen MR) is 94.5 cm³/mol. The molecule has 0 saturated heterocycles. The van der Waals surface area contributed by atoms with Crippen LogP contribution in [0.15, 0.2) is 27.5 Å². The zero-order chi connectivity index (χ0) is 17.6. The molecule has 0 unspecified atom stereocenters. The Hall–Kier alpha value is -1.93. The van der Waals surface area contributed by atoms with Crippen molar-refractivity contribution >= 4 is 32.6 Å². The van der Waals surface area contributed by atoms with E-state index in [1.807, 2.05) is 6.07 Å². The number of carbonyl (C=O) groups excluding carboxylic acids is 1. The van der Waals surface area contributed by atoms with Crippen LogP contribution in [0.3, 0.4) is 0 Å². The van der Waals surface area contributed by atoms with Gasteiger partial charge in [-0.15, -0.1) is 5.10 Å². The first-order valence-electron chi connectivity index (χ1n) is 8.34. The molecule has 4 rings (SSSR count). The number of carbonyl (C=O) groups is 1. The highest BCUT2D eigenvalue weighted by Crippen LogP contribution is 2.30. The van der Waals surface area contributed by atoms with E-state index in [1.165, 1.54) is 0 Å². The fourth-order valence-corrected chi connectivity index (χ4v) is 3.24. The number of ether oxygens (including phenoxy) is 1. The third-order valence-electron chi connectivity index (χ3n) is 4.46. The van der Waals surface area contributed by atoms with Crippen LogP contribution in [0, 0.1) is 0 Å². The lowest BCUT2D eigenvalue weighted by molar-refractivity contribution is -0.123. The third kappa shape index (κ3) is 3.55. The van der Waals surface area contributed by atoms with Crippen LogP contribution in [0.25, 0.3) is 10.8 Å². The Balaban J connectivity index is 1.63. The SMILES string of the molecule is O=C(Cn1nc(OC2CC2)c2cc(Br)ccc2c1=O)NC1CC(O)C1. The molecule has 2 N–H and O–H groups in total. The molecule has 8 heteroatoms. The zero-order valence-corrected chi connectivity index (χ0v) is 15.0. The lowest BCUT2D eigenvalue weighted by atomic mass is 9.89. The second-order valence-corrected chi connectivity index (χ2v) is 7.58. The topological polar surface area (TPSA) is 93.5 Å². The van der Waals surface area contributed by atoms with E-state index in [1.54, 1.807) is 12.1 Å². The van der Waals surface area contributed by atoms with E-state index >= 15 is 0 Å². The van der Waals surface area contributed by atoms with Gasteiger partial charge in [0, 0.05) is 10.5 Å². The second-order valence-electron chi connectivity index (χ2n) is 6.66. The highest BCUT2D eigenvalue weighted by molar-refractivity contribution is 9.10. The smallest absolute Gasteiger partial charge is 0.275 e. The number of amides is 1. The molecule has 132 valence electrons. The maximum atomic E-state index is 12.7. The second kappa shape index (κ2) is 6.42. The molecule has 0 bridgehead atoms. The highest BCUT2D eigenvalue weighted by atomic mass is 79.9. The van der Waals surface area contributed by atoms with Gasteiger partial charge in [-0.25, -0.2) is 4.68 Å². The van der Waals surface area contributed by atoms with Gasteiger partial charge in [-0.3, -0.25) is 9.59 Å². The Morgan fingerprint density at radius 3 is 2.80 bits per heavy atom. The summed E-state index contributed by atoms with van der Waals surface area (Å²) in [7, 11) is 0. The molecule has 25 heavy (non-hydrogen) atoms. The van der Waals surface area contributed by atoms with Gasteiger partial charge in [0.1, 0.15) is 12.6 Å². The minimum atomic E-state index is -0.344. The first-order chi connectivity index (χ1) is 12.0.